The summed E-state index contributed by atoms with van der Waals surface area (Å²) in [5, 5.41) is 6.55. The number of anilines is 1. The second kappa shape index (κ2) is 7.88. The first-order chi connectivity index (χ1) is 11.5. The van der Waals surface area contributed by atoms with Crippen LogP contribution in [-0.4, -0.2) is 29.3 Å². The predicted octanol–water partition coefficient (Wildman–Crippen LogP) is 2.12. The molecule has 2 rings (SSSR count). The lowest BCUT2D eigenvalue weighted by Crippen LogP contribution is -2.42. The van der Waals surface area contributed by atoms with Crippen LogP contribution in [0.4, 0.5) is 5.69 Å². The molecule has 1 aromatic heterocycles. The molecule has 6 heteroatoms. The van der Waals surface area contributed by atoms with Crippen molar-refractivity contribution >= 4 is 28.3 Å². The number of fused-ring (bicyclic) bond motifs is 1. The second-order valence-corrected chi connectivity index (χ2v) is 5.79. The maximum atomic E-state index is 12.3. The second-order valence-electron chi connectivity index (χ2n) is 5.79. The van der Waals surface area contributed by atoms with Crippen LogP contribution in [0.25, 0.3) is 10.9 Å². The van der Waals surface area contributed by atoms with Gasteiger partial charge in [-0.3, -0.25) is 14.4 Å². The molecule has 6 nitrogen and oxygen atoms in total. The predicted molar refractivity (Wildman–Crippen MR) is 95.3 cm³/mol. The zero-order valence-electron chi connectivity index (χ0n) is 14.2. The van der Waals surface area contributed by atoms with Crippen molar-refractivity contribution < 1.29 is 9.59 Å². The Morgan fingerprint density at radius 3 is 2.62 bits per heavy atom. The van der Waals surface area contributed by atoms with E-state index >= 15 is 0 Å². The summed E-state index contributed by atoms with van der Waals surface area (Å²) >= 11 is 0. The van der Waals surface area contributed by atoms with Crippen molar-refractivity contribution in [1.82, 2.24) is 10.3 Å². The standard InChI is InChI=1S/C18H23N3O3/c1-4-6-14(19-5-2)17(23)18(24)20-12-7-8-13-11(3)9-16(22)21-15(13)10-12/h7-10,14,19H,4-6H2,1-3H3,(H,20,24)(H,21,22). The minimum atomic E-state index is -0.649. The van der Waals surface area contributed by atoms with Crippen molar-refractivity contribution in [3.8, 4) is 0 Å². The van der Waals surface area contributed by atoms with Gasteiger partial charge >= 0.3 is 0 Å². The largest absolute Gasteiger partial charge is 0.322 e. The Morgan fingerprint density at radius 2 is 1.96 bits per heavy atom. The Morgan fingerprint density at radius 1 is 1.21 bits per heavy atom. The summed E-state index contributed by atoms with van der Waals surface area (Å²) in [4.78, 5) is 38.8. The van der Waals surface area contributed by atoms with Gasteiger partial charge in [-0.15, -0.1) is 0 Å². The van der Waals surface area contributed by atoms with Gasteiger partial charge < -0.3 is 15.6 Å². The Kier molecular flexibility index (Phi) is 5.87. The van der Waals surface area contributed by atoms with E-state index < -0.39 is 17.7 Å². The van der Waals surface area contributed by atoms with Crippen LogP contribution >= 0.6 is 0 Å². The Balaban J connectivity index is 2.20. The topological polar surface area (TPSA) is 91.1 Å². The van der Waals surface area contributed by atoms with E-state index in [9.17, 15) is 14.4 Å². The van der Waals surface area contributed by atoms with Crippen LogP contribution in [0.15, 0.2) is 29.1 Å². The van der Waals surface area contributed by atoms with Crippen LogP contribution in [-0.2, 0) is 9.59 Å². The average molecular weight is 329 g/mol. The minimum Gasteiger partial charge on any atom is -0.322 e. The molecule has 1 heterocycles. The molecular formula is C18H23N3O3. The van der Waals surface area contributed by atoms with Crippen molar-refractivity contribution in [1.29, 1.82) is 0 Å². The highest BCUT2D eigenvalue weighted by molar-refractivity contribution is 6.42. The molecule has 0 saturated heterocycles. The molecule has 0 bridgehead atoms. The highest BCUT2D eigenvalue weighted by Gasteiger charge is 2.23. The van der Waals surface area contributed by atoms with E-state index in [4.69, 9.17) is 0 Å². The number of amides is 1. The van der Waals surface area contributed by atoms with Crippen LogP contribution in [0.1, 0.15) is 32.3 Å². The van der Waals surface area contributed by atoms with E-state index in [0.29, 0.717) is 24.2 Å². The number of hydrogen-bond acceptors (Lipinski definition) is 4. The van der Waals surface area contributed by atoms with Gasteiger partial charge in [-0.1, -0.05) is 26.3 Å². The monoisotopic (exact) mass is 329 g/mol. The summed E-state index contributed by atoms with van der Waals surface area (Å²) in [6.07, 6.45) is 1.43. The first-order valence-electron chi connectivity index (χ1n) is 8.18. The molecule has 1 aromatic carbocycles. The molecular weight excluding hydrogens is 306 g/mol. The van der Waals surface area contributed by atoms with Crippen molar-refractivity contribution in [2.75, 3.05) is 11.9 Å². The molecule has 1 atom stereocenters. The number of H-pyrrole nitrogens is 1. The number of carbonyl (C=O) groups excluding carboxylic acids is 2. The third-order valence-electron chi connectivity index (χ3n) is 3.88. The summed E-state index contributed by atoms with van der Waals surface area (Å²) in [5.74, 6) is -1.12. The third kappa shape index (κ3) is 4.08. The molecule has 2 aromatic rings. The van der Waals surface area contributed by atoms with Crippen LogP contribution in [0.3, 0.4) is 0 Å². The highest BCUT2D eigenvalue weighted by Crippen LogP contribution is 2.19. The number of benzene rings is 1. The number of aromatic nitrogens is 1. The number of pyridine rings is 1. The number of aromatic amines is 1. The first-order valence-corrected chi connectivity index (χ1v) is 8.18. The summed E-state index contributed by atoms with van der Waals surface area (Å²) in [7, 11) is 0. The smallest absolute Gasteiger partial charge is 0.293 e. The number of likely N-dealkylation sites (N-methyl/N-ethyl adjacent to an activating group) is 1. The van der Waals surface area contributed by atoms with Gasteiger partial charge in [0.15, 0.2) is 0 Å². The number of hydrogen-bond donors (Lipinski definition) is 3. The number of Topliss-reactive ketones (excluding diaryl/α,β-unsaturated/α-hetero) is 1. The lowest BCUT2D eigenvalue weighted by Gasteiger charge is -2.15. The highest BCUT2D eigenvalue weighted by atomic mass is 16.2. The molecule has 0 spiro atoms. The minimum absolute atomic E-state index is 0.199. The SMILES string of the molecule is CCCC(NCC)C(=O)C(=O)Nc1ccc2c(C)cc(=O)[nH]c2c1. The molecule has 0 aliphatic rings. The van der Waals surface area contributed by atoms with Crippen LogP contribution in [0.5, 0.6) is 0 Å². The number of nitrogens with one attached hydrogen (secondary N) is 3. The van der Waals surface area contributed by atoms with Gasteiger partial charge in [0.1, 0.15) is 0 Å². The van der Waals surface area contributed by atoms with Gasteiger partial charge in [0.05, 0.1) is 11.6 Å². The maximum Gasteiger partial charge on any atom is 0.293 e. The number of aryl methyl sites for hydroxylation is 1. The van der Waals surface area contributed by atoms with Crippen molar-refractivity contribution in [3.05, 3.63) is 40.2 Å². The summed E-state index contributed by atoms with van der Waals surface area (Å²) < 4.78 is 0. The van der Waals surface area contributed by atoms with E-state index in [1.165, 1.54) is 6.07 Å². The van der Waals surface area contributed by atoms with Gasteiger partial charge in [0.25, 0.3) is 5.91 Å². The van der Waals surface area contributed by atoms with Gasteiger partial charge in [-0.2, -0.15) is 0 Å². The molecule has 1 unspecified atom stereocenters. The molecule has 0 radical (unpaired) electrons. The van der Waals surface area contributed by atoms with E-state index in [0.717, 1.165) is 17.4 Å². The molecule has 3 N–H and O–H groups in total. The molecule has 1 amide bonds. The zero-order chi connectivity index (χ0) is 17.7. The molecule has 24 heavy (non-hydrogen) atoms. The summed E-state index contributed by atoms with van der Waals surface area (Å²) in [5.41, 5.74) is 1.77. The molecule has 0 aliphatic heterocycles. The lowest BCUT2D eigenvalue weighted by molar-refractivity contribution is -0.136. The van der Waals surface area contributed by atoms with Crippen LogP contribution in [0.2, 0.25) is 0 Å². The number of ketones is 1. The Bertz CT molecular complexity index is 805. The molecule has 0 aliphatic carbocycles. The number of carbonyl (C=O) groups is 2. The van der Waals surface area contributed by atoms with E-state index in [2.05, 4.69) is 15.6 Å². The van der Waals surface area contributed by atoms with Crippen molar-refractivity contribution in [3.63, 3.8) is 0 Å². The summed E-state index contributed by atoms with van der Waals surface area (Å²) in [6, 6.07) is 6.25. The Labute approximate surface area is 140 Å². The van der Waals surface area contributed by atoms with Gasteiger partial charge in [-0.25, -0.2) is 0 Å². The fourth-order valence-electron chi connectivity index (χ4n) is 2.72. The van der Waals surface area contributed by atoms with Gasteiger partial charge in [-0.05, 0) is 37.6 Å². The fourth-order valence-corrected chi connectivity index (χ4v) is 2.72. The maximum absolute atomic E-state index is 12.3. The van der Waals surface area contributed by atoms with Crippen molar-refractivity contribution in [2.45, 2.75) is 39.7 Å². The molecule has 0 saturated carbocycles. The van der Waals surface area contributed by atoms with Crippen LogP contribution in [0, 0.1) is 6.92 Å². The average Bonchev–Trinajstić information content (AvgIpc) is 2.53. The normalized spacial score (nSPS) is 12.1. The number of rotatable bonds is 7. The fraction of sp³-hybridized carbons (Fsp3) is 0.389. The van der Waals surface area contributed by atoms with Gasteiger partial charge in [0.2, 0.25) is 11.3 Å². The van der Waals surface area contributed by atoms with Gasteiger partial charge in [0, 0.05) is 17.1 Å². The van der Waals surface area contributed by atoms with E-state index in [-0.39, 0.29) is 5.56 Å². The molecule has 128 valence electrons. The molecule has 0 fully saturated rings. The lowest BCUT2D eigenvalue weighted by atomic mass is 10.1. The zero-order valence-corrected chi connectivity index (χ0v) is 14.2. The third-order valence-corrected chi connectivity index (χ3v) is 3.88. The van der Waals surface area contributed by atoms with Crippen LogP contribution < -0.4 is 16.2 Å². The first kappa shape index (κ1) is 17.9. The quantitative estimate of drug-likeness (QED) is 0.679. The summed E-state index contributed by atoms with van der Waals surface area (Å²) in [6.45, 7) is 6.35. The Hall–Kier alpha value is -2.47. The van der Waals surface area contributed by atoms with Crippen molar-refractivity contribution in [2.24, 2.45) is 0 Å². The van der Waals surface area contributed by atoms with E-state index in [1.807, 2.05) is 26.8 Å². The van der Waals surface area contributed by atoms with E-state index in [1.54, 1.807) is 12.1 Å².